The summed E-state index contributed by atoms with van der Waals surface area (Å²) in [7, 11) is 0. The van der Waals surface area contributed by atoms with Gasteiger partial charge in [-0.1, -0.05) is 70.6 Å². The SMILES string of the molecule is CCC(Br)CC(Br)CC(Br)CCCBr. The third-order valence-electron chi connectivity index (χ3n) is 2.12. The lowest BCUT2D eigenvalue weighted by Crippen LogP contribution is -2.12. The van der Waals surface area contributed by atoms with E-state index in [2.05, 4.69) is 70.6 Å². The zero-order valence-corrected chi connectivity index (χ0v) is 14.8. The highest BCUT2D eigenvalue weighted by Gasteiger charge is 2.14. The van der Waals surface area contributed by atoms with Crippen molar-refractivity contribution in [3.63, 3.8) is 0 Å². The summed E-state index contributed by atoms with van der Waals surface area (Å²) >= 11 is 14.6. The van der Waals surface area contributed by atoms with Crippen molar-refractivity contribution in [2.45, 2.75) is 53.5 Å². The summed E-state index contributed by atoms with van der Waals surface area (Å²) in [6.07, 6.45) is 6.14. The van der Waals surface area contributed by atoms with Crippen molar-refractivity contribution >= 4 is 63.7 Å². The Hall–Kier alpha value is 1.92. The van der Waals surface area contributed by atoms with Crippen molar-refractivity contribution in [3.8, 4) is 0 Å². The molecule has 0 saturated carbocycles. The van der Waals surface area contributed by atoms with Gasteiger partial charge in [-0.15, -0.1) is 0 Å². The van der Waals surface area contributed by atoms with Crippen LogP contribution in [0.25, 0.3) is 0 Å². The summed E-state index contributed by atoms with van der Waals surface area (Å²) in [6, 6.07) is 0. The molecule has 0 nitrogen and oxygen atoms in total. The third-order valence-corrected chi connectivity index (χ3v) is 5.28. The molecule has 3 atom stereocenters. The van der Waals surface area contributed by atoms with Crippen molar-refractivity contribution in [3.05, 3.63) is 0 Å². The minimum atomic E-state index is 0.631. The number of alkyl halides is 4. The fraction of sp³-hybridized carbons (Fsp3) is 1.00. The molecule has 3 unspecified atom stereocenters. The minimum Gasteiger partial charge on any atom is -0.0928 e. The van der Waals surface area contributed by atoms with Gasteiger partial charge in [0.15, 0.2) is 0 Å². The van der Waals surface area contributed by atoms with Crippen molar-refractivity contribution in [2.75, 3.05) is 5.33 Å². The van der Waals surface area contributed by atoms with E-state index >= 15 is 0 Å². The van der Waals surface area contributed by atoms with Crippen molar-refractivity contribution in [1.82, 2.24) is 0 Å². The van der Waals surface area contributed by atoms with E-state index in [-0.39, 0.29) is 0 Å². The fourth-order valence-corrected chi connectivity index (χ4v) is 4.69. The molecular formula is C10H18Br4. The van der Waals surface area contributed by atoms with Crippen molar-refractivity contribution < 1.29 is 0 Å². The Morgan fingerprint density at radius 1 is 0.929 bits per heavy atom. The van der Waals surface area contributed by atoms with Crippen LogP contribution in [0.4, 0.5) is 0 Å². The molecular weight excluding hydrogens is 440 g/mol. The lowest BCUT2D eigenvalue weighted by molar-refractivity contribution is 0.632. The standard InChI is InChI=1S/C10H18Br4/c1-2-8(12)6-10(14)7-9(13)4-3-5-11/h8-10H,2-7H2,1H3. The van der Waals surface area contributed by atoms with E-state index in [9.17, 15) is 0 Å². The molecule has 14 heavy (non-hydrogen) atoms. The van der Waals surface area contributed by atoms with Gasteiger partial charge in [0.25, 0.3) is 0 Å². The van der Waals surface area contributed by atoms with Crippen LogP contribution in [0.2, 0.25) is 0 Å². The maximum atomic E-state index is 3.74. The molecule has 0 spiro atoms. The van der Waals surface area contributed by atoms with Gasteiger partial charge in [0, 0.05) is 19.8 Å². The van der Waals surface area contributed by atoms with Gasteiger partial charge in [-0.05, 0) is 32.1 Å². The molecule has 0 saturated heterocycles. The van der Waals surface area contributed by atoms with Gasteiger partial charge in [-0.25, -0.2) is 0 Å². The quantitative estimate of drug-likeness (QED) is 0.414. The Morgan fingerprint density at radius 2 is 1.50 bits per heavy atom. The predicted molar refractivity (Wildman–Crippen MR) is 80.7 cm³/mol. The van der Waals surface area contributed by atoms with Gasteiger partial charge >= 0.3 is 0 Å². The van der Waals surface area contributed by atoms with E-state index in [1.807, 2.05) is 0 Å². The highest BCUT2D eigenvalue weighted by Crippen LogP contribution is 2.25. The Labute approximate surface area is 121 Å². The first kappa shape index (κ1) is 15.9. The number of halogens is 4. The van der Waals surface area contributed by atoms with Crippen LogP contribution in [0.15, 0.2) is 0 Å². The molecule has 0 amide bonds. The van der Waals surface area contributed by atoms with E-state index in [0.717, 1.165) is 5.33 Å². The van der Waals surface area contributed by atoms with Crippen LogP contribution in [-0.4, -0.2) is 19.8 Å². The highest BCUT2D eigenvalue weighted by atomic mass is 79.9. The normalized spacial score (nSPS) is 17.8. The topological polar surface area (TPSA) is 0 Å². The molecule has 0 aromatic rings. The van der Waals surface area contributed by atoms with Crippen LogP contribution in [0.3, 0.4) is 0 Å². The van der Waals surface area contributed by atoms with E-state index in [0.29, 0.717) is 14.5 Å². The van der Waals surface area contributed by atoms with E-state index in [4.69, 9.17) is 0 Å². The lowest BCUT2D eigenvalue weighted by atomic mass is 10.1. The molecule has 0 N–H and O–H groups in total. The smallest absolute Gasteiger partial charge is 0.0167 e. The average molecular weight is 458 g/mol. The molecule has 0 bridgehead atoms. The monoisotopic (exact) mass is 454 g/mol. The van der Waals surface area contributed by atoms with Gasteiger partial charge < -0.3 is 0 Å². The molecule has 0 heterocycles. The Kier molecular flexibility index (Phi) is 11.5. The molecule has 0 radical (unpaired) electrons. The van der Waals surface area contributed by atoms with E-state index in [1.165, 1.54) is 32.1 Å². The Morgan fingerprint density at radius 3 is 2.00 bits per heavy atom. The van der Waals surface area contributed by atoms with E-state index < -0.39 is 0 Å². The predicted octanol–water partition coefficient (Wildman–Crippen LogP) is 5.64. The lowest BCUT2D eigenvalue weighted by Gasteiger charge is -2.16. The first-order valence-electron chi connectivity index (χ1n) is 5.08. The zero-order chi connectivity index (χ0) is 11.0. The van der Waals surface area contributed by atoms with Gasteiger partial charge in [0.05, 0.1) is 0 Å². The first-order chi connectivity index (χ1) is 6.60. The summed E-state index contributed by atoms with van der Waals surface area (Å²) in [5.74, 6) is 0. The van der Waals surface area contributed by atoms with Gasteiger partial charge in [0.2, 0.25) is 0 Å². The number of hydrogen-bond acceptors (Lipinski definition) is 0. The molecule has 0 rings (SSSR count). The van der Waals surface area contributed by atoms with Gasteiger partial charge in [0.1, 0.15) is 0 Å². The summed E-state index contributed by atoms with van der Waals surface area (Å²) in [5, 5.41) is 1.11. The molecule has 0 aromatic carbocycles. The second-order valence-corrected chi connectivity index (χ2v) is 8.18. The van der Waals surface area contributed by atoms with Crippen LogP contribution >= 0.6 is 63.7 Å². The van der Waals surface area contributed by atoms with Crippen LogP contribution in [-0.2, 0) is 0 Å². The summed E-state index contributed by atoms with van der Waals surface area (Å²) in [6.45, 7) is 2.22. The van der Waals surface area contributed by atoms with Crippen LogP contribution < -0.4 is 0 Å². The largest absolute Gasteiger partial charge is 0.0928 e. The Balaban J connectivity index is 3.54. The molecule has 0 aliphatic heterocycles. The maximum absolute atomic E-state index is 3.74. The molecule has 0 aliphatic carbocycles. The zero-order valence-electron chi connectivity index (χ0n) is 8.49. The Bertz CT molecular complexity index is 129. The second kappa shape index (κ2) is 10.1. The van der Waals surface area contributed by atoms with Gasteiger partial charge in [-0.2, -0.15) is 0 Å². The summed E-state index contributed by atoms with van der Waals surface area (Å²) in [5.41, 5.74) is 0. The van der Waals surface area contributed by atoms with Crippen LogP contribution in [0.1, 0.15) is 39.0 Å². The van der Waals surface area contributed by atoms with Gasteiger partial charge in [-0.3, -0.25) is 0 Å². The first-order valence-corrected chi connectivity index (χ1v) is 8.95. The molecule has 4 heteroatoms. The van der Waals surface area contributed by atoms with Crippen molar-refractivity contribution in [1.29, 1.82) is 0 Å². The maximum Gasteiger partial charge on any atom is 0.0167 e. The molecule has 0 aromatic heterocycles. The number of hydrogen-bond donors (Lipinski definition) is 0. The van der Waals surface area contributed by atoms with Crippen LogP contribution in [0, 0.1) is 0 Å². The summed E-state index contributed by atoms with van der Waals surface area (Å²) in [4.78, 5) is 1.94. The third kappa shape index (κ3) is 9.17. The molecule has 0 fully saturated rings. The second-order valence-electron chi connectivity index (χ2n) is 3.50. The number of rotatable bonds is 8. The molecule has 0 aliphatic rings. The van der Waals surface area contributed by atoms with Crippen molar-refractivity contribution in [2.24, 2.45) is 0 Å². The van der Waals surface area contributed by atoms with E-state index in [1.54, 1.807) is 0 Å². The minimum absolute atomic E-state index is 0.631. The van der Waals surface area contributed by atoms with Crippen LogP contribution in [0.5, 0.6) is 0 Å². The fourth-order valence-electron chi connectivity index (χ4n) is 1.23. The average Bonchev–Trinajstić information content (AvgIpc) is 2.14. The summed E-state index contributed by atoms with van der Waals surface area (Å²) < 4.78 is 0. The highest BCUT2D eigenvalue weighted by molar-refractivity contribution is 9.10. The molecule has 86 valence electrons.